The van der Waals surface area contributed by atoms with Crippen molar-refractivity contribution in [2.45, 2.75) is 19.9 Å². The summed E-state index contributed by atoms with van der Waals surface area (Å²) in [5.41, 5.74) is 1.04. The van der Waals surface area contributed by atoms with Gasteiger partial charge in [0.05, 0.1) is 0 Å². The molecule has 90 valence electrons. The second kappa shape index (κ2) is 7.13. The zero-order valence-corrected chi connectivity index (χ0v) is 10.9. The largest absolute Gasteiger partial charge is 0.396 e. The number of aliphatic hydroxyl groups excluding tert-OH is 1. The summed E-state index contributed by atoms with van der Waals surface area (Å²) in [5, 5.41) is 13.4. The van der Waals surface area contributed by atoms with Gasteiger partial charge < -0.3 is 10.4 Å². The second-order valence-corrected chi connectivity index (χ2v) is 4.83. The Morgan fingerprint density at radius 3 is 2.75 bits per heavy atom. The van der Waals surface area contributed by atoms with Crippen molar-refractivity contribution in [1.29, 1.82) is 0 Å². The standard InChI is InChI=1S/C12H17Cl2NO/c1-9(4-5-16)7-15-8-10-2-3-11(13)6-12(10)14/h2-3,6,9,15-16H,4-5,7-8H2,1H3. The molecule has 1 aromatic rings. The van der Waals surface area contributed by atoms with Crippen LogP contribution in [0.15, 0.2) is 18.2 Å². The summed E-state index contributed by atoms with van der Waals surface area (Å²) in [6.07, 6.45) is 0.821. The maximum Gasteiger partial charge on any atom is 0.0465 e. The van der Waals surface area contributed by atoms with Gasteiger partial charge in [0, 0.05) is 23.2 Å². The van der Waals surface area contributed by atoms with Crippen molar-refractivity contribution in [2.24, 2.45) is 5.92 Å². The van der Waals surface area contributed by atoms with Crippen molar-refractivity contribution < 1.29 is 5.11 Å². The van der Waals surface area contributed by atoms with E-state index < -0.39 is 0 Å². The Kier molecular flexibility index (Phi) is 6.14. The van der Waals surface area contributed by atoms with Gasteiger partial charge in [0.15, 0.2) is 0 Å². The molecule has 0 amide bonds. The summed E-state index contributed by atoms with van der Waals surface area (Å²) in [6, 6.07) is 5.51. The van der Waals surface area contributed by atoms with Crippen molar-refractivity contribution in [2.75, 3.05) is 13.2 Å². The number of halogens is 2. The van der Waals surface area contributed by atoms with Crippen LogP contribution in [-0.2, 0) is 6.54 Å². The molecule has 0 saturated heterocycles. The molecule has 1 rings (SSSR count). The Labute approximate surface area is 107 Å². The monoisotopic (exact) mass is 261 g/mol. The minimum atomic E-state index is 0.241. The zero-order valence-electron chi connectivity index (χ0n) is 9.34. The van der Waals surface area contributed by atoms with E-state index in [4.69, 9.17) is 28.3 Å². The van der Waals surface area contributed by atoms with Crippen molar-refractivity contribution in [1.82, 2.24) is 5.32 Å². The van der Waals surface area contributed by atoms with Crippen LogP contribution in [0.1, 0.15) is 18.9 Å². The molecular formula is C12H17Cl2NO. The first-order valence-electron chi connectivity index (χ1n) is 5.39. The lowest BCUT2D eigenvalue weighted by Crippen LogP contribution is -2.21. The van der Waals surface area contributed by atoms with Crippen LogP contribution < -0.4 is 5.32 Å². The van der Waals surface area contributed by atoms with Crippen LogP contribution >= 0.6 is 23.2 Å². The molecule has 0 aliphatic heterocycles. The third-order valence-electron chi connectivity index (χ3n) is 2.45. The molecule has 4 heteroatoms. The molecule has 0 radical (unpaired) electrons. The number of aliphatic hydroxyl groups is 1. The molecule has 1 unspecified atom stereocenters. The van der Waals surface area contributed by atoms with E-state index in [1.54, 1.807) is 6.07 Å². The summed E-state index contributed by atoms with van der Waals surface area (Å²) in [5.74, 6) is 0.469. The van der Waals surface area contributed by atoms with Crippen molar-refractivity contribution in [3.05, 3.63) is 33.8 Å². The first-order chi connectivity index (χ1) is 7.63. The summed E-state index contributed by atoms with van der Waals surface area (Å²) in [4.78, 5) is 0. The fourth-order valence-corrected chi connectivity index (χ4v) is 1.92. The van der Waals surface area contributed by atoms with E-state index in [2.05, 4.69) is 12.2 Å². The third-order valence-corrected chi connectivity index (χ3v) is 3.03. The van der Waals surface area contributed by atoms with Gasteiger partial charge in [-0.25, -0.2) is 0 Å². The molecule has 0 fully saturated rings. The zero-order chi connectivity index (χ0) is 12.0. The lowest BCUT2D eigenvalue weighted by molar-refractivity contribution is 0.260. The average Bonchev–Trinajstić information content (AvgIpc) is 2.22. The lowest BCUT2D eigenvalue weighted by Gasteiger charge is -2.11. The Balaban J connectivity index is 2.37. The summed E-state index contributed by atoms with van der Waals surface area (Å²) >= 11 is 11.9. The van der Waals surface area contributed by atoms with Crippen LogP contribution in [0, 0.1) is 5.92 Å². The first-order valence-corrected chi connectivity index (χ1v) is 6.14. The van der Waals surface area contributed by atoms with E-state index in [1.807, 2.05) is 12.1 Å². The molecule has 1 aromatic carbocycles. The molecule has 1 atom stereocenters. The quantitative estimate of drug-likeness (QED) is 0.825. The van der Waals surface area contributed by atoms with Gasteiger partial charge in [-0.05, 0) is 36.6 Å². The Morgan fingerprint density at radius 1 is 1.38 bits per heavy atom. The number of hydrogen-bond acceptors (Lipinski definition) is 2. The third kappa shape index (κ3) is 4.71. The number of rotatable bonds is 6. The van der Waals surface area contributed by atoms with E-state index in [-0.39, 0.29) is 6.61 Å². The number of nitrogens with one attached hydrogen (secondary N) is 1. The highest BCUT2D eigenvalue weighted by Crippen LogP contribution is 2.20. The lowest BCUT2D eigenvalue weighted by atomic mass is 10.1. The molecule has 0 spiro atoms. The molecule has 0 saturated carbocycles. The van der Waals surface area contributed by atoms with E-state index in [9.17, 15) is 0 Å². The van der Waals surface area contributed by atoms with Crippen molar-refractivity contribution in [3.8, 4) is 0 Å². The van der Waals surface area contributed by atoms with Gasteiger partial charge in [-0.2, -0.15) is 0 Å². The van der Waals surface area contributed by atoms with Gasteiger partial charge >= 0.3 is 0 Å². The summed E-state index contributed by atoms with van der Waals surface area (Å²) < 4.78 is 0. The molecule has 0 aromatic heterocycles. The summed E-state index contributed by atoms with van der Waals surface area (Å²) in [6.45, 7) is 3.95. The van der Waals surface area contributed by atoms with Crippen LogP contribution in [0.5, 0.6) is 0 Å². The van der Waals surface area contributed by atoms with E-state index in [1.165, 1.54) is 0 Å². The van der Waals surface area contributed by atoms with Crippen molar-refractivity contribution >= 4 is 23.2 Å². The Bertz CT molecular complexity index is 331. The first kappa shape index (κ1) is 13.8. The van der Waals surface area contributed by atoms with Gasteiger partial charge in [0.2, 0.25) is 0 Å². The molecule has 0 bridgehead atoms. The van der Waals surface area contributed by atoms with Gasteiger partial charge in [-0.3, -0.25) is 0 Å². The fraction of sp³-hybridized carbons (Fsp3) is 0.500. The van der Waals surface area contributed by atoms with Gasteiger partial charge in [0.25, 0.3) is 0 Å². The van der Waals surface area contributed by atoms with Crippen LogP contribution in [0.25, 0.3) is 0 Å². The number of hydrogen-bond donors (Lipinski definition) is 2. The van der Waals surface area contributed by atoms with E-state index in [0.717, 1.165) is 25.1 Å². The Morgan fingerprint density at radius 2 is 2.12 bits per heavy atom. The van der Waals surface area contributed by atoms with Crippen LogP contribution in [0.2, 0.25) is 10.0 Å². The second-order valence-electron chi connectivity index (χ2n) is 3.98. The van der Waals surface area contributed by atoms with Crippen LogP contribution in [0.4, 0.5) is 0 Å². The highest BCUT2D eigenvalue weighted by molar-refractivity contribution is 6.35. The van der Waals surface area contributed by atoms with Crippen molar-refractivity contribution in [3.63, 3.8) is 0 Å². The normalized spacial score (nSPS) is 12.8. The molecule has 0 aliphatic rings. The van der Waals surface area contributed by atoms with Gasteiger partial charge in [-0.1, -0.05) is 36.2 Å². The van der Waals surface area contributed by atoms with Crippen LogP contribution in [0.3, 0.4) is 0 Å². The predicted octanol–water partition coefficient (Wildman–Crippen LogP) is 3.10. The van der Waals surface area contributed by atoms with Gasteiger partial charge in [-0.15, -0.1) is 0 Å². The molecular weight excluding hydrogens is 245 g/mol. The van der Waals surface area contributed by atoms with E-state index in [0.29, 0.717) is 16.0 Å². The maximum atomic E-state index is 8.76. The molecule has 2 nitrogen and oxygen atoms in total. The number of benzene rings is 1. The highest BCUT2D eigenvalue weighted by Gasteiger charge is 2.03. The maximum absolute atomic E-state index is 8.76. The molecule has 2 N–H and O–H groups in total. The molecule has 0 heterocycles. The average molecular weight is 262 g/mol. The highest BCUT2D eigenvalue weighted by atomic mass is 35.5. The predicted molar refractivity (Wildman–Crippen MR) is 69.0 cm³/mol. The molecule has 16 heavy (non-hydrogen) atoms. The summed E-state index contributed by atoms with van der Waals surface area (Å²) in [7, 11) is 0. The smallest absolute Gasteiger partial charge is 0.0465 e. The Hall–Kier alpha value is -0.280. The van der Waals surface area contributed by atoms with E-state index >= 15 is 0 Å². The SMILES string of the molecule is CC(CCO)CNCc1ccc(Cl)cc1Cl. The van der Waals surface area contributed by atoms with Gasteiger partial charge in [0.1, 0.15) is 0 Å². The van der Waals surface area contributed by atoms with Crippen LogP contribution in [-0.4, -0.2) is 18.3 Å². The fourth-order valence-electron chi connectivity index (χ4n) is 1.44. The minimum absolute atomic E-state index is 0.241. The molecule has 0 aliphatic carbocycles. The topological polar surface area (TPSA) is 32.3 Å². The minimum Gasteiger partial charge on any atom is -0.396 e.